The van der Waals surface area contributed by atoms with Crippen molar-refractivity contribution >= 4 is 0 Å². The highest BCUT2D eigenvalue weighted by Gasteiger charge is 2.16. The lowest BCUT2D eigenvalue weighted by molar-refractivity contribution is 0.170. The molecule has 3 rings (SSSR count). The number of benzene rings is 1. The van der Waals surface area contributed by atoms with Crippen LogP contribution >= 0.6 is 0 Å². The summed E-state index contributed by atoms with van der Waals surface area (Å²) in [5, 5.41) is 13.4. The summed E-state index contributed by atoms with van der Waals surface area (Å²) in [6.45, 7) is 3.29. The van der Waals surface area contributed by atoms with Gasteiger partial charge < -0.3 is 19.9 Å². The van der Waals surface area contributed by atoms with E-state index in [1.807, 2.05) is 43.3 Å². The van der Waals surface area contributed by atoms with Gasteiger partial charge in [-0.2, -0.15) is 0 Å². The zero-order valence-corrected chi connectivity index (χ0v) is 11.9. The number of rotatable bonds is 5. The van der Waals surface area contributed by atoms with Crippen LogP contribution in [-0.2, 0) is 6.54 Å². The highest BCUT2D eigenvalue weighted by molar-refractivity contribution is 5.45. The molecule has 2 aromatic rings. The maximum Gasteiger partial charge on any atom is 0.231 e. The Balaban J connectivity index is 1.55. The van der Waals surface area contributed by atoms with Gasteiger partial charge in [0.25, 0.3) is 0 Å². The van der Waals surface area contributed by atoms with E-state index in [9.17, 15) is 5.11 Å². The van der Waals surface area contributed by atoms with Crippen LogP contribution in [0.1, 0.15) is 23.1 Å². The molecule has 0 radical (unpaired) electrons. The van der Waals surface area contributed by atoms with E-state index in [2.05, 4.69) is 10.3 Å². The maximum absolute atomic E-state index is 10.2. The third kappa shape index (κ3) is 3.32. The van der Waals surface area contributed by atoms with Crippen molar-refractivity contribution in [1.82, 2.24) is 10.3 Å². The number of fused-ring (bicyclic) bond motifs is 1. The van der Waals surface area contributed by atoms with E-state index in [1.165, 1.54) is 0 Å². The standard InChI is InChI=1S/C16H18N2O3/c1-11-3-2-4-13(18-11)8-17-9-14(19)12-5-6-15-16(7-12)21-10-20-15/h2-7,14,17,19H,8-10H2,1H3. The van der Waals surface area contributed by atoms with E-state index in [0.717, 1.165) is 22.7 Å². The molecule has 2 N–H and O–H groups in total. The molecule has 2 heterocycles. The van der Waals surface area contributed by atoms with Crippen LogP contribution in [0, 0.1) is 6.92 Å². The summed E-state index contributed by atoms with van der Waals surface area (Å²) in [5.74, 6) is 1.41. The summed E-state index contributed by atoms with van der Waals surface area (Å²) in [6.07, 6.45) is -0.593. The number of hydrogen-bond acceptors (Lipinski definition) is 5. The molecule has 1 aliphatic rings. The molecular formula is C16H18N2O3. The highest BCUT2D eigenvalue weighted by Crippen LogP contribution is 2.34. The Kier molecular flexibility index (Phi) is 4.03. The van der Waals surface area contributed by atoms with Crippen molar-refractivity contribution in [2.24, 2.45) is 0 Å². The Morgan fingerprint density at radius 2 is 2.10 bits per heavy atom. The Morgan fingerprint density at radius 3 is 2.95 bits per heavy atom. The van der Waals surface area contributed by atoms with Gasteiger partial charge in [-0.1, -0.05) is 12.1 Å². The predicted octanol–water partition coefficient (Wildman–Crippen LogP) is 1.94. The van der Waals surface area contributed by atoms with E-state index in [0.29, 0.717) is 18.8 Å². The number of hydrogen-bond donors (Lipinski definition) is 2. The van der Waals surface area contributed by atoms with Crippen molar-refractivity contribution in [2.45, 2.75) is 19.6 Å². The monoisotopic (exact) mass is 286 g/mol. The topological polar surface area (TPSA) is 63.6 Å². The van der Waals surface area contributed by atoms with Crippen molar-refractivity contribution in [2.75, 3.05) is 13.3 Å². The van der Waals surface area contributed by atoms with E-state index in [4.69, 9.17) is 9.47 Å². The molecule has 5 heteroatoms. The Bertz CT molecular complexity index is 631. The van der Waals surface area contributed by atoms with Crippen LogP contribution in [0.15, 0.2) is 36.4 Å². The number of nitrogens with zero attached hydrogens (tertiary/aromatic N) is 1. The average Bonchev–Trinajstić information content (AvgIpc) is 2.94. The molecule has 0 saturated heterocycles. The summed E-state index contributed by atoms with van der Waals surface area (Å²) in [4.78, 5) is 4.41. The summed E-state index contributed by atoms with van der Waals surface area (Å²) in [6, 6.07) is 11.4. The molecule has 0 fully saturated rings. The summed E-state index contributed by atoms with van der Waals surface area (Å²) in [7, 11) is 0. The molecule has 1 unspecified atom stereocenters. The zero-order chi connectivity index (χ0) is 14.7. The smallest absolute Gasteiger partial charge is 0.231 e. The Hall–Kier alpha value is -2.11. The third-order valence-electron chi connectivity index (χ3n) is 3.37. The van der Waals surface area contributed by atoms with Gasteiger partial charge in [-0.25, -0.2) is 0 Å². The molecule has 1 atom stereocenters. The van der Waals surface area contributed by atoms with Gasteiger partial charge >= 0.3 is 0 Å². The number of aliphatic hydroxyl groups excluding tert-OH is 1. The molecule has 0 bridgehead atoms. The van der Waals surface area contributed by atoms with Crippen LogP contribution in [0.5, 0.6) is 11.5 Å². The van der Waals surface area contributed by atoms with Crippen molar-refractivity contribution < 1.29 is 14.6 Å². The van der Waals surface area contributed by atoms with Crippen molar-refractivity contribution in [3.63, 3.8) is 0 Å². The zero-order valence-electron chi connectivity index (χ0n) is 11.9. The molecular weight excluding hydrogens is 268 g/mol. The molecule has 110 valence electrons. The van der Waals surface area contributed by atoms with Crippen molar-refractivity contribution in [3.05, 3.63) is 53.3 Å². The number of ether oxygens (including phenoxy) is 2. The lowest BCUT2D eigenvalue weighted by atomic mass is 10.1. The second-order valence-electron chi connectivity index (χ2n) is 5.03. The fourth-order valence-corrected chi connectivity index (χ4v) is 2.27. The summed E-state index contributed by atoms with van der Waals surface area (Å²) >= 11 is 0. The summed E-state index contributed by atoms with van der Waals surface area (Å²) < 4.78 is 10.6. The van der Waals surface area contributed by atoms with E-state index < -0.39 is 6.10 Å². The van der Waals surface area contributed by atoms with Gasteiger partial charge in [-0.15, -0.1) is 0 Å². The van der Waals surface area contributed by atoms with Gasteiger partial charge in [-0.3, -0.25) is 4.98 Å². The van der Waals surface area contributed by atoms with E-state index in [1.54, 1.807) is 0 Å². The van der Waals surface area contributed by atoms with Crippen LogP contribution in [0.4, 0.5) is 0 Å². The molecule has 0 aliphatic carbocycles. The normalized spacial score (nSPS) is 14.2. The quantitative estimate of drug-likeness (QED) is 0.879. The highest BCUT2D eigenvalue weighted by atomic mass is 16.7. The Morgan fingerprint density at radius 1 is 1.24 bits per heavy atom. The number of aliphatic hydroxyl groups is 1. The van der Waals surface area contributed by atoms with Crippen LogP contribution in [0.3, 0.4) is 0 Å². The Labute approximate surface area is 123 Å². The van der Waals surface area contributed by atoms with E-state index >= 15 is 0 Å². The molecule has 1 aliphatic heterocycles. The molecule has 1 aromatic heterocycles. The second-order valence-corrected chi connectivity index (χ2v) is 5.03. The molecule has 1 aromatic carbocycles. The first-order valence-electron chi connectivity index (χ1n) is 6.93. The third-order valence-corrected chi connectivity index (χ3v) is 3.37. The molecule has 21 heavy (non-hydrogen) atoms. The first-order chi connectivity index (χ1) is 10.2. The van der Waals surface area contributed by atoms with Crippen LogP contribution < -0.4 is 14.8 Å². The number of nitrogens with one attached hydrogen (secondary N) is 1. The average molecular weight is 286 g/mol. The largest absolute Gasteiger partial charge is 0.454 e. The SMILES string of the molecule is Cc1cccc(CNCC(O)c2ccc3c(c2)OCO3)n1. The minimum absolute atomic E-state index is 0.242. The number of aromatic nitrogens is 1. The van der Waals surface area contributed by atoms with Crippen molar-refractivity contribution in [1.29, 1.82) is 0 Å². The van der Waals surface area contributed by atoms with Gasteiger partial charge in [0.15, 0.2) is 11.5 Å². The first kappa shape index (κ1) is 13.9. The lowest BCUT2D eigenvalue weighted by Gasteiger charge is -2.12. The first-order valence-corrected chi connectivity index (χ1v) is 6.93. The fraction of sp³-hybridized carbons (Fsp3) is 0.312. The summed E-state index contributed by atoms with van der Waals surface area (Å²) in [5.41, 5.74) is 2.77. The van der Waals surface area contributed by atoms with Crippen LogP contribution in [0.25, 0.3) is 0 Å². The molecule has 0 amide bonds. The maximum atomic E-state index is 10.2. The minimum Gasteiger partial charge on any atom is -0.454 e. The van der Waals surface area contributed by atoms with E-state index in [-0.39, 0.29) is 6.79 Å². The van der Waals surface area contributed by atoms with Gasteiger partial charge in [0.05, 0.1) is 11.8 Å². The van der Waals surface area contributed by atoms with Gasteiger partial charge in [0.2, 0.25) is 6.79 Å². The molecule has 5 nitrogen and oxygen atoms in total. The number of pyridine rings is 1. The molecule has 0 saturated carbocycles. The van der Waals surface area contributed by atoms with Crippen LogP contribution in [-0.4, -0.2) is 23.4 Å². The fourth-order valence-electron chi connectivity index (χ4n) is 2.27. The van der Waals surface area contributed by atoms with Crippen molar-refractivity contribution in [3.8, 4) is 11.5 Å². The second kappa shape index (κ2) is 6.11. The lowest BCUT2D eigenvalue weighted by Crippen LogP contribution is -2.21. The van der Waals surface area contributed by atoms with Gasteiger partial charge in [0.1, 0.15) is 0 Å². The molecule has 0 spiro atoms. The minimum atomic E-state index is -0.593. The predicted molar refractivity (Wildman–Crippen MR) is 78.2 cm³/mol. The van der Waals surface area contributed by atoms with Gasteiger partial charge in [-0.05, 0) is 36.8 Å². The number of aryl methyl sites for hydroxylation is 1. The van der Waals surface area contributed by atoms with Crippen LogP contribution in [0.2, 0.25) is 0 Å². The van der Waals surface area contributed by atoms with Gasteiger partial charge in [0, 0.05) is 18.8 Å².